The Labute approximate surface area is 410 Å². The standard InChI is InChI=1S/C16H21BN2O2.C12H24B2O4.C10H9BrN2.C6H7BrN2.C4H4O/c1-12-9-10-19(18-12)14-8-6-7-13(11-14)17-20-15(2,3)16(4,5)21-17;1-9(2)10(3,4)16-13(15-9)14-17-11(5,6)12(7,8)18-14;1-8-5-6-13(12-8)10-4-2-3-9(11)7-10;7-5-2-1-3-6(4-5)9-8;1-3-4(2)5/h6-11H,1-5H3;1-8H3;2-7H,1H3;1-4,9H,8H2;1H,2H3. The maximum atomic E-state index is 9.58. The highest BCUT2D eigenvalue weighted by Gasteiger charge is 2.63. The van der Waals surface area contributed by atoms with Crippen molar-refractivity contribution in [3.05, 3.63) is 118 Å². The van der Waals surface area contributed by atoms with Crippen LogP contribution in [0.4, 0.5) is 5.69 Å². The van der Waals surface area contributed by atoms with Gasteiger partial charge in [0.15, 0.2) is 0 Å². The monoisotopic (exact) mass is 1030 g/mol. The normalized spacial score (nSPS) is 18.8. The number of nitrogen functional groups attached to an aromatic ring is 1. The summed E-state index contributed by atoms with van der Waals surface area (Å²) in [7, 11) is -1.29. The molecular weight excluding hydrogens is 965 g/mol. The van der Waals surface area contributed by atoms with Gasteiger partial charge in [0.2, 0.25) is 5.78 Å². The van der Waals surface area contributed by atoms with Crippen molar-refractivity contribution in [2.75, 3.05) is 5.43 Å². The number of ketones is 1. The van der Waals surface area contributed by atoms with Gasteiger partial charge < -0.3 is 33.4 Å². The number of halogens is 2. The van der Waals surface area contributed by atoms with Crippen LogP contribution < -0.4 is 16.7 Å². The molecule has 5 heterocycles. The van der Waals surface area contributed by atoms with Gasteiger partial charge in [-0.2, -0.15) is 10.2 Å². The number of nitrogens with zero attached hydrogens (tertiary/aromatic N) is 4. The Morgan fingerprint density at radius 3 is 1.30 bits per heavy atom. The number of carbonyl (C=O) groups is 1. The second-order valence-corrected chi connectivity index (χ2v) is 20.9. The lowest BCUT2D eigenvalue weighted by atomic mass is 9.49. The Morgan fingerprint density at radius 2 is 0.970 bits per heavy atom. The third kappa shape index (κ3) is 14.3. The maximum Gasteiger partial charge on any atom is 0.494 e. The highest BCUT2D eigenvalue weighted by atomic mass is 79.9. The summed E-state index contributed by atoms with van der Waals surface area (Å²) >= 11 is 6.73. The zero-order valence-electron chi connectivity index (χ0n) is 41.0. The van der Waals surface area contributed by atoms with Gasteiger partial charge in [-0.1, -0.05) is 56.1 Å². The van der Waals surface area contributed by atoms with E-state index < -0.39 is 14.0 Å². The maximum absolute atomic E-state index is 9.58. The molecule has 0 bridgehead atoms. The number of hydrazine groups is 1. The van der Waals surface area contributed by atoms with Gasteiger partial charge in [0.1, 0.15) is 0 Å². The molecule has 352 valence electrons. The second kappa shape index (κ2) is 22.0. The van der Waals surface area contributed by atoms with E-state index in [9.17, 15) is 4.79 Å². The highest BCUT2D eigenvalue weighted by molar-refractivity contribution is 9.10. The molecule has 66 heavy (non-hydrogen) atoms. The average molecular weight is 1030 g/mol. The second-order valence-electron chi connectivity index (χ2n) is 19.1. The SMILES string of the molecule is C#CC(C)=O.CC1(C)OB(B2OC(C)(C)C(C)(C)O2)OC1(C)C.Cc1ccn(-c2cccc(B3OC(C)(C)C(C)(C)O3)c2)n1.Cc1ccn(-c2cccc(Br)c2)n1.NNc1cccc(Br)c1. The minimum absolute atomic E-state index is 0.218. The quantitative estimate of drug-likeness (QED) is 0.0571. The summed E-state index contributed by atoms with van der Waals surface area (Å²) in [5, 5.41) is 8.76. The molecule has 0 atom stereocenters. The summed E-state index contributed by atoms with van der Waals surface area (Å²) in [5.41, 5.74) is 6.48. The van der Waals surface area contributed by atoms with E-state index in [1.54, 1.807) is 0 Å². The van der Waals surface area contributed by atoms with Crippen molar-refractivity contribution in [3.8, 4) is 23.7 Å². The van der Waals surface area contributed by atoms with E-state index in [1.165, 1.54) is 6.92 Å². The van der Waals surface area contributed by atoms with Crippen LogP contribution in [0.3, 0.4) is 0 Å². The van der Waals surface area contributed by atoms with E-state index in [1.807, 2.05) is 176 Å². The molecule has 0 aliphatic carbocycles. The molecule has 3 N–H and O–H groups in total. The fourth-order valence-corrected chi connectivity index (χ4v) is 6.89. The summed E-state index contributed by atoms with van der Waals surface area (Å²) in [6, 6.07) is 27.8. The number of anilines is 1. The number of aryl methyl sites for hydroxylation is 2. The van der Waals surface area contributed by atoms with Gasteiger partial charge in [0, 0.05) is 34.0 Å². The van der Waals surface area contributed by atoms with Crippen molar-refractivity contribution in [3.63, 3.8) is 0 Å². The number of nitrogens with one attached hydrogen (secondary N) is 1. The molecule has 0 unspecified atom stereocenters. The number of carbonyl (C=O) groups excluding carboxylic acids is 1. The third-order valence-corrected chi connectivity index (χ3v) is 13.1. The van der Waals surface area contributed by atoms with Crippen molar-refractivity contribution in [1.82, 2.24) is 19.6 Å². The van der Waals surface area contributed by atoms with Crippen LogP contribution in [-0.4, -0.2) is 80.1 Å². The van der Waals surface area contributed by atoms with Crippen molar-refractivity contribution in [2.45, 2.75) is 137 Å². The Bertz CT molecular complexity index is 2370. The van der Waals surface area contributed by atoms with Crippen LogP contribution in [0.1, 0.15) is 101 Å². The van der Waals surface area contributed by atoms with Gasteiger partial charge in [-0.25, -0.2) is 9.36 Å². The number of terminal acetylenes is 1. The smallest absolute Gasteiger partial charge is 0.405 e. The van der Waals surface area contributed by atoms with E-state index in [4.69, 9.17) is 33.8 Å². The van der Waals surface area contributed by atoms with E-state index in [2.05, 4.69) is 87.7 Å². The lowest BCUT2D eigenvalue weighted by Gasteiger charge is -2.32. The Kier molecular flexibility index (Phi) is 18.2. The molecule has 0 amide bonds. The van der Waals surface area contributed by atoms with Crippen LogP contribution >= 0.6 is 31.9 Å². The molecule has 3 aliphatic rings. The van der Waals surface area contributed by atoms with Crippen molar-refractivity contribution in [2.24, 2.45) is 5.84 Å². The number of benzene rings is 3. The predicted octanol–water partition coefficient (Wildman–Crippen LogP) is 9.62. The fourth-order valence-electron chi connectivity index (χ4n) is 6.11. The molecule has 3 aromatic carbocycles. The van der Waals surface area contributed by atoms with Gasteiger partial charge in [0.25, 0.3) is 0 Å². The predicted molar refractivity (Wildman–Crippen MR) is 274 cm³/mol. The summed E-state index contributed by atoms with van der Waals surface area (Å²) in [6.07, 6.45) is 8.48. The molecule has 0 radical (unpaired) electrons. The number of hydrogen-bond donors (Lipinski definition) is 2. The largest absolute Gasteiger partial charge is 0.494 e. The van der Waals surface area contributed by atoms with Crippen LogP contribution in [0.5, 0.6) is 0 Å². The Hall–Kier alpha value is -4.02. The first kappa shape index (κ1) is 54.6. The first-order valence-corrected chi connectivity index (χ1v) is 23.3. The molecule has 8 rings (SSSR count). The zero-order valence-corrected chi connectivity index (χ0v) is 44.2. The van der Waals surface area contributed by atoms with E-state index >= 15 is 0 Å². The number of hydrogen-bond acceptors (Lipinski definition) is 11. The van der Waals surface area contributed by atoms with Gasteiger partial charge >= 0.3 is 21.1 Å². The first-order valence-electron chi connectivity index (χ1n) is 21.7. The van der Waals surface area contributed by atoms with E-state index in [-0.39, 0.29) is 46.5 Å². The van der Waals surface area contributed by atoms with Crippen LogP contribution in [0, 0.1) is 26.2 Å². The number of rotatable bonds is 5. The van der Waals surface area contributed by atoms with Crippen molar-refractivity contribution in [1.29, 1.82) is 0 Å². The lowest BCUT2D eigenvalue weighted by molar-refractivity contribution is -0.111. The fraction of sp³-hybridized carbons (Fsp3) is 0.438. The van der Waals surface area contributed by atoms with Crippen LogP contribution in [0.15, 0.2) is 106 Å². The first-order chi connectivity index (χ1) is 30.5. The minimum atomic E-state index is -0.476. The number of nitrogens with two attached hydrogens (primary N) is 1. The highest BCUT2D eigenvalue weighted by Crippen LogP contribution is 2.43. The minimum Gasteiger partial charge on any atom is -0.405 e. The molecule has 3 aliphatic heterocycles. The molecule has 3 fully saturated rings. The zero-order chi connectivity index (χ0) is 49.5. The summed E-state index contributed by atoms with van der Waals surface area (Å²) in [4.78, 5) is 9.58. The number of aromatic nitrogens is 4. The molecular formula is C48H65B3Br2N6O7. The topological polar surface area (TPSA) is 146 Å². The van der Waals surface area contributed by atoms with Gasteiger partial charge in [-0.3, -0.25) is 10.6 Å². The Morgan fingerprint density at radius 1 is 0.606 bits per heavy atom. The van der Waals surface area contributed by atoms with Gasteiger partial charge in [-0.15, -0.1) is 6.42 Å². The molecule has 5 aromatic rings. The molecule has 2 aromatic heterocycles. The molecule has 0 saturated carbocycles. The molecule has 0 spiro atoms. The van der Waals surface area contributed by atoms with Gasteiger partial charge in [0.05, 0.1) is 56.4 Å². The third-order valence-electron chi connectivity index (χ3n) is 12.1. The molecule has 18 heteroatoms. The Balaban J connectivity index is 0.000000192. The van der Waals surface area contributed by atoms with Crippen molar-refractivity contribution >= 4 is 69.9 Å². The van der Waals surface area contributed by atoms with E-state index in [0.29, 0.717) is 0 Å². The summed E-state index contributed by atoms with van der Waals surface area (Å²) < 4.78 is 41.9. The van der Waals surface area contributed by atoms with Crippen LogP contribution in [0.25, 0.3) is 11.4 Å². The van der Waals surface area contributed by atoms with Gasteiger partial charge in [-0.05, 0) is 169 Å². The van der Waals surface area contributed by atoms with Crippen molar-refractivity contribution < 1.29 is 32.7 Å². The lowest BCUT2D eigenvalue weighted by Crippen LogP contribution is -2.41. The summed E-state index contributed by atoms with van der Waals surface area (Å²) in [6.45, 7) is 29.8. The van der Waals surface area contributed by atoms with Crippen LogP contribution in [-0.2, 0) is 32.7 Å². The molecule has 13 nitrogen and oxygen atoms in total. The van der Waals surface area contributed by atoms with E-state index in [0.717, 1.165) is 42.9 Å². The van der Waals surface area contributed by atoms with Crippen LogP contribution in [0.2, 0.25) is 0 Å². The molecule has 3 saturated heterocycles. The summed E-state index contributed by atoms with van der Waals surface area (Å²) in [5.74, 6) is 6.82. The average Bonchev–Trinajstić information content (AvgIpc) is 4.01. The number of Topliss-reactive ketones (excluding diaryl/α,β-unsaturated/α-hetero) is 1.